The minimum absolute atomic E-state index is 0.232. The average Bonchev–Trinajstić information content (AvgIpc) is 3.80. The number of para-hydroxylation sites is 4. The molecule has 0 unspecified atom stereocenters. The second-order valence-electron chi connectivity index (χ2n) is 9.60. The van der Waals surface area contributed by atoms with Gasteiger partial charge in [-0.15, -0.1) is 0 Å². The largest absolute Gasteiger partial charge is 0.308 e. The van der Waals surface area contributed by atoms with Crippen molar-refractivity contribution in [3.8, 4) is 34.2 Å². The molecule has 44 heavy (non-hydrogen) atoms. The van der Waals surface area contributed by atoms with Gasteiger partial charge in [-0.2, -0.15) is 0 Å². The van der Waals surface area contributed by atoms with E-state index in [1.54, 1.807) is 36.5 Å². The molecule has 4 heterocycles. The van der Waals surface area contributed by atoms with E-state index in [0.29, 0.717) is 21.8 Å². The van der Waals surface area contributed by atoms with Gasteiger partial charge in [0, 0.05) is 45.1 Å². The predicted molar refractivity (Wildman–Crippen MR) is 179 cm³/mol. The first-order valence-electron chi connectivity index (χ1n) is 22.2. The highest BCUT2D eigenvalue weighted by Crippen LogP contribution is 2.37. The zero-order valence-electron chi connectivity index (χ0n) is 40.3. The Morgan fingerprint density at radius 3 is 2.00 bits per heavy atom. The number of aromatic nitrogens is 5. The van der Waals surface area contributed by atoms with Gasteiger partial charge in [-0.1, -0.05) is 103 Å². The first kappa shape index (κ1) is 12.7. The first-order valence-corrected chi connectivity index (χ1v) is 13.2. The molecule has 0 amide bonds. The Labute approximate surface area is 278 Å². The SMILES string of the molecule is [2H]c1c(-c2c([2H])c([2H])c([2H])c([2H])c2[2H])nc(-n2c3c([2H])c([2H])c([2H])c([2H])c3c3c([2H])c([2H])c([2H])c([2H])c32)nc1-c1c([2H])c([2H])c([2H])c([2H])c1-n1c2ccccc2c2cnccc21. The second kappa shape index (κ2) is 9.75. The molecule has 0 aliphatic heterocycles. The van der Waals surface area contributed by atoms with Gasteiger partial charge in [-0.05, 0) is 36.3 Å². The van der Waals surface area contributed by atoms with Crippen LogP contribution in [0.3, 0.4) is 0 Å². The van der Waals surface area contributed by atoms with Crippen molar-refractivity contribution in [2.24, 2.45) is 0 Å². The van der Waals surface area contributed by atoms with Crippen molar-refractivity contribution in [3.05, 3.63) is 151 Å². The molecule has 0 fully saturated rings. The maximum Gasteiger partial charge on any atom is 0.235 e. The minimum Gasteiger partial charge on any atom is -0.308 e. The van der Waals surface area contributed by atoms with E-state index >= 15 is 0 Å². The Balaban J connectivity index is 1.57. The van der Waals surface area contributed by atoms with Gasteiger partial charge < -0.3 is 4.57 Å². The Morgan fingerprint density at radius 2 is 1.18 bits per heavy atom. The number of hydrogen-bond donors (Lipinski definition) is 0. The van der Waals surface area contributed by atoms with Crippen LogP contribution in [0, 0.1) is 0 Å². The summed E-state index contributed by atoms with van der Waals surface area (Å²) in [6, 6.07) is -4.88. The lowest BCUT2D eigenvalue weighted by Gasteiger charge is -2.16. The monoisotopic (exact) mass is 581 g/mol. The van der Waals surface area contributed by atoms with Crippen LogP contribution in [0.1, 0.15) is 24.7 Å². The fraction of sp³-hybridized carbons (Fsp3) is 0. The summed E-state index contributed by atoms with van der Waals surface area (Å²) in [6.45, 7) is 0. The van der Waals surface area contributed by atoms with Gasteiger partial charge in [-0.25, -0.2) is 9.97 Å². The van der Waals surface area contributed by atoms with Gasteiger partial charge in [0.25, 0.3) is 0 Å². The molecule has 5 nitrogen and oxygen atoms in total. The molecule has 5 aromatic carbocycles. The van der Waals surface area contributed by atoms with E-state index in [-0.39, 0.29) is 16.5 Å². The molecule has 0 radical (unpaired) electrons. The summed E-state index contributed by atoms with van der Waals surface area (Å²) in [4.78, 5) is 13.4. The second-order valence-corrected chi connectivity index (χ2v) is 9.60. The third-order valence-electron chi connectivity index (χ3n) is 7.23. The van der Waals surface area contributed by atoms with Crippen molar-refractivity contribution in [1.82, 2.24) is 24.1 Å². The molecule has 0 spiro atoms. The quantitative estimate of drug-likeness (QED) is 0.208. The standard InChI is InChI=1S/C39H25N5/c1-2-12-26(13-3-1)32-24-33(42-39(41-32)44-35-19-9-4-14-27(35)28-15-5-10-20-36(28)44)30-17-7-11-21-37(30)43-34-18-8-6-16-29(34)31-25-40-23-22-38(31)43/h1-25H/i1D,2D,3D,4D,5D,7D,9D,10D,11D,12D,13D,14D,15D,17D,19D,20D,21D,24D. The van der Waals surface area contributed by atoms with E-state index in [4.69, 9.17) is 20.6 Å². The molecule has 206 valence electrons. The molecule has 0 saturated heterocycles. The zero-order chi connectivity index (χ0) is 44.7. The minimum atomic E-state index is -0.823. The molecule has 0 bridgehead atoms. The van der Waals surface area contributed by atoms with E-state index in [9.17, 15) is 4.11 Å². The maximum absolute atomic E-state index is 9.69. The van der Waals surface area contributed by atoms with E-state index in [1.807, 2.05) is 0 Å². The van der Waals surface area contributed by atoms with Crippen LogP contribution in [0.15, 0.2) is 151 Å². The number of hydrogen-bond acceptors (Lipinski definition) is 3. The van der Waals surface area contributed by atoms with E-state index < -0.39 is 148 Å². The normalized spacial score (nSPS) is 17.4. The summed E-state index contributed by atoms with van der Waals surface area (Å²) in [5.74, 6) is -0.697. The molecule has 9 aromatic rings. The van der Waals surface area contributed by atoms with Crippen LogP contribution in [0.4, 0.5) is 0 Å². The van der Waals surface area contributed by atoms with Gasteiger partial charge in [0.2, 0.25) is 5.95 Å². The highest BCUT2D eigenvalue weighted by atomic mass is 15.2. The van der Waals surface area contributed by atoms with E-state index in [0.717, 1.165) is 4.57 Å². The fourth-order valence-corrected chi connectivity index (χ4v) is 5.42. The van der Waals surface area contributed by atoms with Crippen LogP contribution >= 0.6 is 0 Å². The summed E-state index contributed by atoms with van der Waals surface area (Å²) in [6.07, 6.45) is 3.05. The number of rotatable bonds is 4. The van der Waals surface area contributed by atoms with Crippen LogP contribution in [0.5, 0.6) is 0 Å². The van der Waals surface area contributed by atoms with Crippen molar-refractivity contribution in [3.63, 3.8) is 0 Å². The molecule has 0 atom stereocenters. The summed E-state index contributed by atoms with van der Waals surface area (Å²) >= 11 is 0. The lowest BCUT2D eigenvalue weighted by Crippen LogP contribution is -2.05. The Kier molecular flexibility index (Phi) is 2.80. The van der Waals surface area contributed by atoms with Crippen molar-refractivity contribution in [2.75, 3.05) is 0 Å². The number of pyridine rings is 1. The molecular weight excluding hydrogens is 538 g/mol. The van der Waals surface area contributed by atoms with E-state index in [1.165, 1.54) is 10.8 Å². The van der Waals surface area contributed by atoms with Gasteiger partial charge in [0.15, 0.2) is 0 Å². The molecule has 5 heteroatoms. The van der Waals surface area contributed by atoms with Crippen LogP contribution in [0.25, 0.3) is 77.8 Å². The number of nitrogens with zero attached hydrogens (tertiary/aromatic N) is 5. The predicted octanol–water partition coefficient (Wildman–Crippen LogP) is 9.40. The summed E-state index contributed by atoms with van der Waals surface area (Å²) < 4.78 is 162. The van der Waals surface area contributed by atoms with Gasteiger partial charge >= 0.3 is 0 Å². The molecule has 0 aliphatic rings. The Hall–Kier alpha value is -6.07. The van der Waals surface area contributed by atoms with Crippen LogP contribution in [-0.4, -0.2) is 24.1 Å². The fourth-order valence-electron chi connectivity index (χ4n) is 5.42. The first-order chi connectivity index (χ1) is 29.3. The smallest absolute Gasteiger partial charge is 0.235 e. The molecular formula is C39H25N5. The van der Waals surface area contributed by atoms with Crippen LogP contribution < -0.4 is 0 Å². The summed E-state index contributed by atoms with van der Waals surface area (Å²) in [5.41, 5.74) is -2.60. The lowest BCUT2D eigenvalue weighted by molar-refractivity contribution is 0.994. The van der Waals surface area contributed by atoms with Crippen LogP contribution in [0.2, 0.25) is 0 Å². The molecule has 9 rings (SSSR count). The number of fused-ring (bicyclic) bond motifs is 6. The summed E-state index contributed by atoms with van der Waals surface area (Å²) in [7, 11) is 0. The molecule has 4 aromatic heterocycles. The summed E-state index contributed by atoms with van der Waals surface area (Å²) in [5, 5.41) is 0.508. The van der Waals surface area contributed by atoms with Crippen molar-refractivity contribution >= 4 is 43.6 Å². The van der Waals surface area contributed by atoms with Crippen LogP contribution in [-0.2, 0) is 0 Å². The molecule has 0 saturated carbocycles. The third kappa shape index (κ3) is 3.69. The maximum atomic E-state index is 9.69. The highest BCUT2D eigenvalue weighted by Gasteiger charge is 2.20. The van der Waals surface area contributed by atoms with Crippen molar-refractivity contribution in [2.45, 2.75) is 0 Å². The molecule has 0 aliphatic carbocycles. The van der Waals surface area contributed by atoms with Gasteiger partial charge in [-0.3, -0.25) is 9.55 Å². The highest BCUT2D eigenvalue weighted by molar-refractivity contribution is 6.10. The zero-order valence-corrected chi connectivity index (χ0v) is 22.3. The number of benzene rings is 5. The van der Waals surface area contributed by atoms with E-state index in [2.05, 4.69) is 15.0 Å². The van der Waals surface area contributed by atoms with Gasteiger partial charge in [0.05, 0.1) is 63.8 Å². The topological polar surface area (TPSA) is 48.5 Å². The molecule has 0 N–H and O–H groups in total. The third-order valence-corrected chi connectivity index (χ3v) is 7.23. The van der Waals surface area contributed by atoms with Crippen molar-refractivity contribution in [1.29, 1.82) is 0 Å². The lowest BCUT2D eigenvalue weighted by atomic mass is 10.1. The Bertz CT molecular complexity index is 3370. The average molecular weight is 582 g/mol. The van der Waals surface area contributed by atoms with Gasteiger partial charge in [0.1, 0.15) is 0 Å². The van der Waals surface area contributed by atoms with Crippen molar-refractivity contribution < 1.29 is 24.7 Å². The Morgan fingerprint density at radius 1 is 0.523 bits per heavy atom.